The smallest absolute Gasteiger partial charge is 0.322 e. The molecule has 2 saturated carbocycles. The number of nitrogens with zero attached hydrogens (tertiary/aromatic N) is 2. The Kier molecular flexibility index (Phi) is 2.84. The summed E-state index contributed by atoms with van der Waals surface area (Å²) in [6.07, 6.45) is 4.18. The van der Waals surface area contributed by atoms with E-state index in [2.05, 4.69) is 10.3 Å². The van der Waals surface area contributed by atoms with Gasteiger partial charge in [0, 0.05) is 23.8 Å². The van der Waals surface area contributed by atoms with Crippen LogP contribution in [0.3, 0.4) is 0 Å². The van der Waals surface area contributed by atoms with Gasteiger partial charge in [0.25, 0.3) is 0 Å². The fraction of sp³-hybridized carbons (Fsp3) is 0.474. The molecule has 2 bridgehead atoms. The molecule has 5 heteroatoms. The van der Waals surface area contributed by atoms with Crippen molar-refractivity contribution >= 4 is 11.7 Å². The molecule has 2 heterocycles. The number of hydrogen-bond donors (Lipinski definition) is 1. The molecule has 2 aromatic rings. The highest BCUT2D eigenvalue weighted by molar-refractivity contribution is 5.90. The topological polar surface area (TPSA) is 58.4 Å². The number of urea groups is 1. The second kappa shape index (κ2) is 4.85. The Morgan fingerprint density at radius 3 is 2.88 bits per heavy atom. The van der Waals surface area contributed by atoms with Crippen molar-refractivity contribution in [2.24, 2.45) is 17.8 Å². The molecule has 5 nitrogen and oxygen atoms in total. The van der Waals surface area contributed by atoms with Crippen LogP contribution in [0.1, 0.15) is 24.1 Å². The molecule has 0 radical (unpaired) electrons. The summed E-state index contributed by atoms with van der Waals surface area (Å²) in [6, 6.07) is 6.40. The van der Waals surface area contributed by atoms with Crippen molar-refractivity contribution in [3.05, 3.63) is 35.7 Å². The monoisotopic (exact) mass is 323 g/mol. The molecule has 1 aromatic heterocycles. The summed E-state index contributed by atoms with van der Waals surface area (Å²) in [5.41, 5.74) is 3.65. The van der Waals surface area contributed by atoms with Gasteiger partial charge in [-0.2, -0.15) is 0 Å². The van der Waals surface area contributed by atoms with Gasteiger partial charge < -0.3 is 14.6 Å². The number of nitrogens with one attached hydrogen (secondary N) is 1. The third kappa shape index (κ3) is 2.07. The molecular weight excluding hydrogens is 302 g/mol. The third-order valence-corrected chi connectivity index (χ3v) is 5.97. The molecule has 2 unspecified atom stereocenters. The first-order chi connectivity index (χ1) is 11.6. The Hall–Kier alpha value is -2.30. The number of carbonyl (C=O) groups is 1. The van der Waals surface area contributed by atoms with Crippen molar-refractivity contribution in [1.29, 1.82) is 0 Å². The molecule has 1 aliphatic heterocycles. The molecule has 2 amide bonds. The molecule has 24 heavy (non-hydrogen) atoms. The van der Waals surface area contributed by atoms with Crippen LogP contribution in [0.2, 0.25) is 0 Å². The van der Waals surface area contributed by atoms with E-state index in [1.807, 2.05) is 36.9 Å². The van der Waals surface area contributed by atoms with Gasteiger partial charge in [0.2, 0.25) is 5.89 Å². The quantitative estimate of drug-likeness (QED) is 0.914. The zero-order valence-corrected chi connectivity index (χ0v) is 14.0. The summed E-state index contributed by atoms with van der Waals surface area (Å²) in [7, 11) is 0. The number of amides is 2. The van der Waals surface area contributed by atoms with Gasteiger partial charge in [-0.05, 0) is 62.1 Å². The van der Waals surface area contributed by atoms with Crippen LogP contribution in [0, 0.1) is 31.6 Å². The second-order valence-corrected chi connectivity index (χ2v) is 7.53. The first kappa shape index (κ1) is 14.1. The third-order valence-electron chi connectivity index (χ3n) is 5.97. The van der Waals surface area contributed by atoms with Crippen LogP contribution in [-0.2, 0) is 0 Å². The van der Waals surface area contributed by atoms with Crippen molar-refractivity contribution in [3.63, 3.8) is 0 Å². The van der Waals surface area contributed by atoms with E-state index in [-0.39, 0.29) is 6.03 Å². The van der Waals surface area contributed by atoms with E-state index in [4.69, 9.17) is 4.42 Å². The van der Waals surface area contributed by atoms with E-state index in [0.29, 0.717) is 11.9 Å². The van der Waals surface area contributed by atoms with Gasteiger partial charge in [-0.3, -0.25) is 0 Å². The maximum absolute atomic E-state index is 12.7. The van der Waals surface area contributed by atoms with E-state index in [1.54, 1.807) is 6.26 Å². The number of benzene rings is 1. The molecule has 1 N–H and O–H groups in total. The lowest BCUT2D eigenvalue weighted by Gasteiger charge is -2.27. The van der Waals surface area contributed by atoms with Crippen LogP contribution in [0.25, 0.3) is 11.5 Å². The standard InChI is InChI=1S/C19H21N3O2/c1-10-3-4-13(6-14(10)18-20-11(2)9-24-18)21-19(23)22-8-12-5-17(22)16-7-15(12)16/h3-4,6,9,12,15-17H,5,7-8H2,1-2H3,(H,21,23)/t12-,15?,16?,17-/m1/s1. The Morgan fingerprint density at radius 1 is 1.29 bits per heavy atom. The van der Waals surface area contributed by atoms with Crippen LogP contribution in [0.15, 0.2) is 28.9 Å². The lowest BCUT2D eigenvalue weighted by molar-refractivity contribution is 0.190. The molecule has 4 atom stereocenters. The molecule has 5 rings (SSSR count). The van der Waals surface area contributed by atoms with Gasteiger partial charge in [-0.1, -0.05) is 6.07 Å². The largest absolute Gasteiger partial charge is 0.444 e. The Labute approximate surface area is 141 Å². The summed E-state index contributed by atoms with van der Waals surface area (Å²) in [5.74, 6) is 3.04. The minimum absolute atomic E-state index is 0.0336. The van der Waals surface area contributed by atoms with Crippen LogP contribution in [0.5, 0.6) is 0 Å². The van der Waals surface area contributed by atoms with Gasteiger partial charge in [0.05, 0.1) is 5.69 Å². The van der Waals surface area contributed by atoms with Crippen LogP contribution >= 0.6 is 0 Å². The van der Waals surface area contributed by atoms with Gasteiger partial charge in [-0.15, -0.1) is 0 Å². The molecular formula is C19H21N3O2. The highest BCUT2D eigenvalue weighted by Gasteiger charge is 2.61. The summed E-state index contributed by atoms with van der Waals surface area (Å²) in [6.45, 7) is 4.85. The maximum atomic E-state index is 12.7. The number of rotatable bonds is 2. The predicted molar refractivity (Wildman–Crippen MR) is 90.6 cm³/mol. The van der Waals surface area contributed by atoms with E-state index in [1.165, 1.54) is 12.8 Å². The molecule has 3 aliphatic rings. The SMILES string of the molecule is Cc1coc(-c2cc(NC(=O)N3C[C@H]4C[C@@H]3C3CC34)ccc2C)n1. The average Bonchev–Trinajstić information content (AvgIpc) is 2.92. The summed E-state index contributed by atoms with van der Waals surface area (Å²) >= 11 is 0. The Bertz CT molecular complexity index is 828. The van der Waals surface area contributed by atoms with Gasteiger partial charge in [0.1, 0.15) is 6.26 Å². The van der Waals surface area contributed by atoms with Crippen LogP contribution in [-0.4, -0.2) is 28.5 Å². The van der Waals surface area contributed by atoms with Gasteiger partial charge in [0.15, 0.2) is 0 Å². The lowest BCUT2D eigenvalue weighted by Crippen LogP contribution is -2.41. The molecule has 3 fully saturated rings. The van der Waals surface area contributed by atoms with Crippen molar-refractivity contribution in [2.75, 3.05) is 11.9 Å². The number of aryl methyl sites for hydroxylation is 2. The normalized spacial score (nSPS) is 29.7. The van der Waals surface area contributed by atoms with Crippen molar-refractivity contribution in [3.8, 4) is 11.5 Å². The highest BCUT2D eigenvalue weighted by Crippen LogP contribution is 2.61. The number of aromatic nitrogens is 1. The highest BCUT2D eigenvalue weighted by atomic mass is 16.3. The first-order valence-electron chi connectivity index (χ1n) is 8.71. The average molecular weight is 323 g/mol. The number of oxazole rings is 1. The second-order valence-electron chi connectivity index (χ2n) is 7.53. The summed E-state index contributed by atoms with van der Waals surface area (Å²) < 4.78 is 5.52. The zero-order valence-electron chi connectivity index (χ0n) is 14.0. The first-order valence-corrected chi connectivity index (χ1v) is 8.71. The molecule has 0 spiro atoms. The number of carbonyl (C=O) groups excluding carboxylic acids is 1. The van der Waals surface area contributed by atoms with E-state index < -0.39 is 0 Å². The van der Waals surface area contributed by atoms with E-state index in [0.717, 1.165) is 46.8 Å². The number of likely N-dealkylation sites (tertiary alicyclic amines) is 1. The minimum Gasteiger partial charge on any atom is -0.444 e. The zero-order chi connectivity index (χ0) is 16.4. The summed E-state index contributed by atoms with van der Waals surface area (Å²) in [4.78, 5) is 19.1. The van der Waals surface area contributed by atoms with Gasteiger partial charge in [-0.25, -0.2) is 9.78 Å². The number of fused-ring (bicyclic) bond motifs is 5. The van der Waals surface area contributed by atoms with Crippen molar-refractivity contribution in [1.82, 2.24) is 9.88 Å². The fourth-order valence-electron chi connectivity index (χ4n) is 4.67. The molecule has 124 valence electrons. The maximum Gasteiger partial charge on any atom is 0.322 e. The number of hydrogen-bond acceptors (Lipinski definition) is 3. The number of piperidine rings is 1. The van der Waals surface area contributed by atoms with Crippen molar-refractivity contribution < 1.29 is 9.21 Å². The number of anilines is 1. The predicted octanol–water partition coefficient (Wildman–Crippen LogP) is 3.83. The fourth-order valence-corrected chi connectivity index (χ4v) is 4.67. The van der Waals surface area contributed by atoms with Crippen LogP contribution in [0.4, 0.5) is 10.5 Å². The van der Waals surface area contributed by atoms with Gasteiger partial charge >= 0.3 is 6.03 Å². The summed E-state index contributed by atoms with van der Waals surface area (Å²) in [5, 5.41) is 3.07. The molecule has 1 saturated heterocycles. The van der Waals surface area contributed by atoms with Crippen LogP contribution < -0.4 is 5.32 Å². The van der Waals surface area contributed by atoms with E-state index in [9.17, 15) is 4.79 Å². The Balaban J connectivity index is 1.37. The lowest BCUT2D eigenvalue weighted by atomic mass is 10.1. The Morgan fingerprint density at radius 2 is 2.17 bits per heavy atom. The van der Waals surface area contributed by atoms with E-state index >= 15 is 0 Å². The van der Waals surface area contributed by atoms with Crippen molar-refractivity contribution in [2.45, 2.75) is 32.7 Å². The molecule has 1 aromatic carbocycles. The molecule has 2 aliphatic carbocycles. The minimum atomic E-state index is 0.0336.